The Morgan fingerprint density at radius 2 is 1.54 bits per heavy atom. The molecule has 4 unspecified atom stereocenters. The zero-order valence-corrected chi connectivity index (χ0v) is 21.9. The maximum absolute atomic E-state index is 14.2. The lowest BCUT2D eigenvalue weighted by Crippen LogP contribution is -2.44. The second-order valence-electron chi connectivity index (χ2n) is 10.0. The van der Waals surface area contributed by atoms with Crippen molar-refractivity contribution < 1.29 is 29.2 Å². The summed E-state index contributed by atoms with van der Waals surface area (Å²) < 4.78 is 5.29. The third kappa shape index (κ3) is 5.52. The number of hydrogen-bond acceptors (Lipinski definition) is 6. The van der Waals surface area contributed by atoms with Crippen LogP contribution in [0.25, 0.3) is 0 Å². The number of methoxy groups -OCH3 is 1. The molecule has 1 heterocycles. The van der Waals surface area contributed by atoms with Crippen LogP contribution in [-0.4, -0.2) is 45.7 Å². The summed E-state index contributed by atoms with van der Waals surface area (Å²) in [5.74, 6) is -3.36. The first-order valence-corrected chi connectivity index (χ1v) is 12.7. The Kier molecular flexibility index (Phi) is 8.09. The van der Waals surface area contributed by atoms with Crippen LogP contribution >= 0.6 is 0 Å². The van der Waals surface area contributed by atoms with Crippen molar-refractivity contribution in [2.45, 2.75) is 38.3 Å². The van der Waals surface area contributed by atoms with Gasteiger partial charge in [-0.3, -0.25) is 19.7 Å². The Balaban J connectivity index is 1.97. The van der Waals surface area contributed by atoms with E-state index >= 15 is 0 Å². The van der Waals surface area contributed by atoms with Gasteiger partial charge in [-0.25, -0.2) is 4.79 Å². The Bertz CT molecular complexity index is 1350. The predicted octanol–water partition coefficient (Wildman–Crippen LogP) is 5.27. The average Bonchev–Trinajstić information content (AvgIpc) is 3.29. The number of ether oxygens (including phenoxy) is 1. The molecule has 4 atom stereocenters. The van der Waals surface area contributed by atoms with Crippen LogP contribution in [-0.2, 0) is 9.59 Å². The molecule has 3 aromatic carbocycles. The maximum Gasteiger partial charge on any atom is 0.327 e. The van der Waals surface area contributed by atoms with Crippen LogP contribution in [0.3, 0.4) is 0 Å². The lowest BCUT2D eigenvalue weighted by Gasteiger charge is -2.31. The molecule has 4 rings (SSSR count). The fourth-order valence-corrected chi connectivity index (χ4v) is 5.43. The Morgan fingerprint density at radius 3 is 2.05 bits per heavy atom. The van der Waals surface area contributed by atoms with Crippen LogP contribution in [0.4, 0.5) is 5.69 Å². The van der Waals surface area contributed by atoms with E-state index < -0.39 is 34.8 Å². The standard InChI is InChI=1S/C30H30N2O7/c1-18(2)17-24(33)31-27(20-11-15-23(39-3)16-12-20)26(29(34)21-7-5-4-6-8-21)25(28(31)30(35)36)19-9-13-22(14-10-19)32(37)38/h4-16,18,25-28H,17H2,1-3H3,(H,35,36). The van der Waals surface area contributed by atoms with Crippen LogP contribution in [0.2, 0.25) is 0 Å². The van der Waals surface area contributed by atoms with E-state index in [9.17, 15) is 29.6 Å². The highest BCUT2D eigenvalue weighted by atomic mass is 16.6. The molecular formula is C30H30N2O7. The number of Topliss-reactive ketones (excluding diaryl/α,β-unsaturated/α-hetero) is 1. The number of carboxylic acids is 1. The molecule has 3 aromatic rings. The topological polar surface area (TPSA) is 127 Å². The first kappa shape index (κ1) is 27.5. The van der Waals surface area contributed by atoms with Gasteiger partial charge in [-0.05, 0) is 29.2 Å². The van der Waals surface area contributed by atoms with E-state index in [1.54, 1.807) is 54.6 Å². The normalized spacial score (nSPS) is 20.6. The molecule has 39 heavy (non-hydrogen) atoms. The van der Waals surface area contributed by atoms with E-state index in [2.05, 4.69) is 0 Å². The number of nitro groups is 1. The molecule has 9 nitrogen and oxygen atoms in total. The lowest BCUT2D eigenvalue weighted by molar-refractivity contribution is -0.384. The molecular weight excluding hydrogens is 500 g/mol. The minimum atomic E-state index is -1.37. The smallest absolute Gasteiger partial charge is 0.327 e. The number of amides is 1. The fraction of sp³-hybridized carbons (Fsp3) is 0.300. The Morgan fingerprint density at radius 1 is 0.949 bits per heavy atom. The Labute approximate surface area is 226 Å². The minimum Gasteiger partial charge on any atom is -0.497 e. The van der Waals surface area contributed by atoms with E-state index in [-0.39, 0.29) is 29.7 Å². The van der Waals surface area contributed by atoms with Gasteiger partial charge in [-0.2, -0.15) is 0 Å². The molecule has 0 aliphatic carbocycles. The number of aliphatic carboxylic acids is 1. The molecule has 9 heteroatoms. The van der Waals surface area contributed by atoms with Gasteiger partial charge < -0.3 is 14.7 Å². The number of nitro benzene ring substituents is 1. The Hall–Kier alpha value is -4.53. The van der Waals surface area contributed by atoms with Crippen molar-refractivity contribution in [3.8, 4) is 5.75 Å². The molecule has 1 N–H and O–H groups in total. The molecule has 1 aliphatic heterocycles. The van der Waals surface area contributed by atoms with Crippen molar-refractivity contribution in [3.05, 3.63) is 106 Å². The fourth-order valence-electron chi connectivity index (χ4n) is 5.43. The van der Waals surface area contributed by atoms with Gasteiger partial charge in [0, 0.05) is 30.0 Å². The number of likely N-dealkylation sites (tertiary alicyclic amines) is 1. The number of ketones is 1. The second kappa shape index (κ2) is 11.5. The number of hydrogen-bond donors (Lipinski definition) is 1. The highest BCUT2D eigenvalue weighted by Crippen LogP contribution is 2.52. The summed E-state index contributed by atoms with van der Waals surface area (Å²) >= 11 is 0. The number of nitrogens with zero attached hydrogens (tertiary/aromatic N) is 2. The zero-order chi connectivity index (χ0) is 28.3. The second-order valence-corrected chi connectivity index (χ2v) is 10.0. The number of benzene rings is 3. The molecule has 0 radical (unpaired) electrons. The number of rotatable bonds is 9. The van der Waals surface area contributed by atoms with Crippen molar-refractivity contribution in [1.29, 1.82) is 0 Å². The molecule has 0 spiro atoms. The minimum absolute atomic E-state index is 0.0508. The van der Waals surface area contributed by atoms with E-state index in [0.717, 1.165) is 0 Å². The van der Waals surface area contributed by atoms with Crippen molar-refractivity contribution in [2.75, 3.05) is 7.11 Å². The summed E-state index contributed by atoms with van der Waals surface area (Å²) in [5.41, 5.74) is 1.25. The number of carbonyl (C=O) groups excluding carboxylic acids is 2. The lowest BCUT2D eigenvalue weighted by atomic mass is 9.76. The first-order valence-electron chi connectivity index (χ1n) is 12.7. The van der Waals surface area contributed by atoms with Gasteiger partial charge >= 0.3 is 5.97 Å². The van der Waals surface area contributed by atoms with Gasteiger partial charge in [0.05, 0.1) is 24.0 Å². The number of non-ortho nitro benzene ring substituents is 1. The van der Waals surface area contributed by atoms with E-state index in [4.69, 9.17) is 4.74 Å². The molecule has 0 bridgehead atoms. The highest BCUT2D eigenvalue weighted by Gasteiger charge is 2.57. The van der Waals surface area contributed by atoms with Crippen molar-refractivity contribution in [2.24, 2.45) is 11.8 Å². The summed E-state index contributed by atoms with van der Waals surface area (Å²) in [4.78, 5) is 52.9. The molecule has 1 saturated heterocycles. The SMILES string of the molecule is COc1ccc(C2C(C(=O)c3ccccc3)C(c3ccc([N+](=O)[O-])cc3)C(C(=O)O)N2C(=O)CC(C)C)cc1. The van der Waals surface area contributed by atoms with E-state index in [1.165, 1.54) is 36.3 Å². The van der Waals surface area contributed by atoms with Gasteiger partial charge in [-0.15, -0.1) is 0 Å². The summed E-state index contributed by atoms with van der Waals surface area (Å²) in [5, 5.41) is 21.8. The monoisotopic (exact) mass is 530 g/mol. The van der Waals surface area contributed by atoms with E-state index in [1.807, 2.05) is 13.8 Å². The van der Waals surface area contributed by atoms with Crippen molar-refractivity contribution in [3.63, 3.8) is 0 Å². The summed E-state index contributed by atoms with van der Waals surface area (Å²) in [6.07, 6.45) is 0.0929. The highest BCUT2D eigenvalue weighted by molar-refractivity contribution is 6.01. The molecule has 202 valence electrons. The largest absolute Gasteiger partial charge is 0.497 e. The summed E-state index contributed by atoms with van der Waals surface area (Å²) in [6, 6.07) is 18.7. The number of carbonyl (C=O) groups is 3. The van der Waals surface area contributed by atoms with Crippen LogP contribution in [0.5, 0.6) is 5.75 Å². The van der Waals surface area contributed by atoms with Crippen LogP contribution in [0.1, 0.15) is 53.7 Å². The van der Waals surface area contributed by atoms with Crippen LogP contribution < -0.4 is 4.74 Å². The summed E-state index contributed by atoms with van der Waals surface area (Å²) in [6.45, 7) is 3.74. The quantitative estimate of drug-likeness (QED) is 0.227. The van der Waals surface area contributed by atoms with Gasteiger partial charge in [-0.1, -0.05) is 68.4 Å². The maximum atomic E-state index is 14.2. The van der Waals surface area contributed by atoms with Crippen molar-refractivity contribution >= 4 is 23.3 Å². The third-order valence-corrected chi connectivity index (χ3v) is 7.10. The van der Waals surface area contributed by atoms with E-state index in [0.29, 0.717) is 22.4 Å². The van der Waals surface area contributed by atoms with Gasteiger partial charge in [0.1, 0.15) is 11.8 Å². The predicted molar refractivity (Wildman–Crippen MR) is 144 cm³/mol. The first-order chi connectivity index (χ1) is 18.6. The molecule has 0 aromatic heterocycles. The van der Waals surface area contributed by atoms with Crippen LogP contribution in [0, 0.1) is 22.0 Å². The molecule has 1 fully saturated rings. The van der Waals surface area contributed by atoms with Crippen LogP contribution in [0.15, 0.2) is 78.9 Å². The average molecular weight is 531 g/mol. The number of carboxylic acid groups (broad SMARTS) is 1. The van der Waals surface area contributed by atoms with Crippen molar-refractivity contribution in [1.82, 2.24) is 4.90 Å². The summed E-state index contributed by atoms with van der Waals surface area (Å²) in [7, 11) is 1.52. The zero-order valence-electron chi connectivity index (χ0n) is 21.9. The molecule has 1 amide bonds. The van der Waals surface area contributed by atoms with Gasteiger partial charge in [0.15, 0.2) is 5.78 Å². The molecule has 0 saturated carbocycles. The van der Waals surface area contributed by atoms with Gasteiger partial charge in [0.25, 0.3) is 5.69 Å². The third-order valence-electron chi connectivity index (χ3n) is 7.10. The van der Waals surface area contributed by atoms with Gasteiger partial charge in [0.2, 0.25) is 5.91 Å². The molecule has 1 aliphatic rings.